The van der Waals surface area contributed by atoms with Crippen LogP contribution in [0.4, 0.5) is 10.1 Å². The Hall–Kier alpha value is -2.84. The number of benzene rings is 1. The van der Waals surface area contributed by atoms with Gasteiger partial charge in [-0.05, 0) is 36.2 Å². The third kappa shape index (κ3) is 5.33. The molecule has 0 aliphatic rings. The van der Waals surface area contributed by atoms with Crippen molar-refractivity contribution in [2.45, 2.75) is 12.8 Å². The highest BCUT2D eigenvalue weighted by Gasteiger charge is 2.14. The summed E-state index contributed by atoms with van der Waals surface area (Å²) in [5.74, 6) is -0.662. The summed E-state index contributed by atoms with van der Waals surface area (Å²) in [6, 6.07) is 5.45. The van der Waals surface area contributed by atoms with Crippen molar-refractivity contribution in [1.82, 2.24) is 15.0 Å². The zero-order valence-corrected chi connectivity index (χ0v) is 14.0. The number of aliphatic imine (C=N–C) groups is 1. The first-order valence-corrected chi connectivity index (χ1v) is 8.99. The van der Waals surface area contributed by atoms with Gasteiger partial charge in [-0.3, -0.25) is 0 Å². The molecule has 0 aliphatic heterocycles. The van der Waals surface area contributed by atoms with Crippen LogP contribution in [0.5, 0.6) is 0 Å². The maximum absolute atomic E-state index is 13.3. The summed E-state index contributed by atoms with van der Waals surface area (Å²) in [5.41, 5.74) is 6.63. The van der Waals surface area contributed by atoms with Crippen LogP contribution in [0.2, 0.25) is 0 Å². The first kappa shape index (κ1) is 18.5. The zero-order valence-electron chi connectivity index (χ0n) is 13.2. The van der Waals surface area contributed by atoms with Crippen LogP contribution in [0.25, 0.3) is 0 Å². The van der Waals surface area contributed by atoms with E-state index in [1.54, 1.807) is 6.07 Å². The van der Waals surface area contributed by atoms with Crippen molar-refractivity contribution in [2.75, 3.05) is 12.8 Å². The third-order valence-corrected chi connectivity index (χ3v) is 3.80. The first-order valence-electron chi connectivity index (χ1n) is 7.10. The molecule has 1 aromatic heterocycles. The van der Waals surface area contributed by atoms with Gasteiger partial charge in [0.25, 0.3) is 0 Å². The predicted octanol–water partition coefficient (Wildman–Crippen LogP) is 0.599. The molecule has 9 nitrogen and oxygen atoms in total. The fourth-order valence-corrected chi connectivity index (χ4v) is 2.45. The Labute approximate surface area is 143 Å². The normalized spacial score (nSPS) is 12.1. The maximum Gasteiger partial charge on any atom is 0.208 e. The van der Waals surface area contributed by atoms with E-state index in [2.05, 4.69) is 24.7 Å². The Morgan fingerprint density at radius 2 is 2.24 bits per heavy atom. The minimum absolute atomic E-state index is 0.0113. The summed E-state index contributed by atoms with van der Waals surface area (Å²) in [4.78, 5) is 4.08. The number of aromatic nitrogens is 2. The Morgan fingerprint density at radius 3 is 2.92 bits per heavy atom. The molecule has 1 aromatic carbocycles. The van der Waals surface area contributed by atoms with Gasteiger partial charge in [0, 0.05) is 6.54 Å². The minimum atomic E-state index is -3.26. The summed E-state index contributed by atoms with van der Waals surface area (Å²) >= 11 is 0. The topological polar surface area (TPSA) is 147 Å². The molecule has 0 radical (unpaired) electrons. The molecule has 132 valence electrons. The Morgan fingerprint density at radius 1 is 1.48 bits per heavy atom. The molecule has 3 N–H and O–H groups in total. The second kappa shape index (κ2) is 7.82. The summed E-state index contributed by atoms with van der Waals surface area (Å²) in [5, 5.41) is 16.2. The predicted molar refractivity (Wildman–Crippen MR) is 87.0 cm³/mol. The lowest BCUT2D eigenvalue weighted by Crippen LogP contribution is -2.23. The van der Waals surface area contributed by atoms with E-state index in [1.807, 2.05) is 0 Å². The molecule has 0 unspecified atom stereocenters. The van der Waals surface area contributed by atoms with E-state index in [4.69, 9.17) is 11.0 Å². The lowest BCUT2D eigenvalue weighted by atomic mass is 10.2. The fraction of sp³-hybridized carbons (Fsp3) is 0.286. The molecular weight excluding hydrogens is 351 g/mol. The fourth-order valence-electron chi connectivity index (χ4n) is 1.94. The smallest absolute Gasteiger partial charge is 0.208 e. The molecule has 0 amide bonds. The molecular formula is C14H15FN6O3S. The maximum atomic E-state index is 13.3. The largest absolute Gasteiger partial charge is 0.382 e. The number of nitrogens with zero attached hydrogens (tertiary/aromatic N) is 4. The van der Waals surface area contributed by atoms with Crippen molar-refractivity contribution in [3.8, 4) is 6.07 Å². The number of aryl methyl sites for hydroxylation is 1. The molecule has 2 aromatic rings. The van der Waals surface area contributed by atoms with Crippen molar-refractivity contribution in [3.05, 3.63) is 41.0 Å². The monoisotopic (exact) mass is 366 g/mol. The van der Waals surface area contributed by atoms with Crippen LogP contribution in [-0.2, 0) is 16.4 Å². The van der Waals surface area contributed by atoms with Gasteiger partial charge in [0.05, 0.1) is 17.5 Å². The van der Waals surface area contributed by atoms with Crippen LogP contribution in [0.1, 0.15) is 23.4 Å². The van der Waals surface area contributed by atoms with E-state index in [9.17, 15) is 12.8 Å². The van der Waals surface area contributed by atoms with Crippen LogP contribution in [0, 0.1) is 17.1 Å². The van der Waals surface area contributed by atoms with Crippen molar-refractivity contribution in [1.29, 1.82) is 5.26 Å². The van der Waals surface area contributed by atoms with Gasteiger partial charge in [-0.15, -0.1) is 0 Å². The van der Waals surface area contributed by atoms with Gasteiger partial charge in [0.1, 0.15) is 17.6 Å². The van der Waals surface area contributed by atoms with E-state index in [1.165, 1.54) is 12.1 Å². The highest BCUT2D eigenvalue weighted by Crippen LogP contribution is 2.18. The van der Waals surface area contributed by atoms with Crippen LogP contribution >= 0.6 is 0 Å². The van der Waals surface area contributed by atoms with Crippen molar-refractivity contribution >= 4 is 21.5 Å². The Bertz CT molecular complexity index is 932. The summed E-state index contributed by atoms with van der Waals surface area (Å²) in [6.07, 6.45) is 1.89. The summed E-state index contributed by atoms with van der Waals surface area (Å²) < 4.78 is 42.3. The summed E-state index contributed by atoms with van der Waals surface area (Å²) in [7, 11) is -3.26. The quantitative estimate of drug-likeness (QED) is 0.414. The number of rotatable bonds is 7. The molecule has 0 aliphatic carbocycles. The van der Waals surface area contributed by atoms with E-state index >= 15 is 0 Å². The second-order valence-electron chi connectivity index (χ2n) is 5.10. The number of sulfonamides is 1. The highest BCUT2D eigenvalue weighted by molar-refractivity contribution is 7.88. The van der Waals surface area contributed by atoms with Crippen molar-refractivity contribution < 1.29 is 17.4 Å². The number of hydrogen-bond acceptors (Lipinski definition) is 7. The second-order valence-corrected chi connectivity index (χ2v) is 6.94. The number of nitrogens with one attached hydrogen (secondary N) is 1. The average Bonchev–Trinajstić information content (AvgIpc) is 3.01. The lowest BCUT2D eigenvalue weighted by molar-refractivity contribution is 0.302. The average molecular weight is 366 g/mol. The van der Waals surface area contributed by atoms with Gasteiger partial charge in [0.2, 0.25) is 10.0 Å². The van der Waals surface area contributed by atoms with Gasteiger partial charge in [-0.1, -0.05) is 5.16 Å². The SMILES string of the molecule is CS(=O)(=O)NCCCc1nonc1C(N)=Nc1ccc(F)c(C#N)c1. The zero-order chi connectivity index (χ0) is 18.4. The number of nitriles is 1. The van der Waals surface area contributed by atoms with Crippen LogP contribution in [0.3, 0.4) is 0 Å². The van der Waals surface area contributed by atoms with Crippen molar-refractivity contribution in [3.63, 3.8) is 0 Å². The number of hydrogen-bond donors (Lipinski definition) is 2. The molecule has 0 saturated heterocycles. The van der Waals surface area contributed by atoms with Gasteiger partial charge in [-0.25, -0.2) is 27.2 Å². The van der Waals surface area contributed by atoms with E-state index in [0.717, 1.165) is 12.3 Å². The number of nitrogens with two attached hydrogens (primary N) is 1. The van der Waals surface area contributed by atoms with Crippen LogP contribution < -0.4 is 10.5 Å². The Kier molecular flexibility index (Phi) is 5.79. The first-order chi connectivity index (χ1) is 11.8. The molecule has 2 rings (SSSR count). The standard InChI is InChI=1S/C14H15FN6O3S/c1-25(22,23)18-6-2-3-12-13(21-24-20-12)14(17)19-10-4-5-11(15)9(7-10)8-16/h4-5,7,18H,2-3,6H2,1H3,(H2,17,19). The van der Waals surface area contributed by atoms with Crippen molar-refractivity contribution in [2.24, 2.45) is 10.7 Å². The van der Waals surface area contributed by atoms with Gasteiger partial charge < -0.3 is 5.73 Å². The van der Waals surface area contributed by atoms with Gasteiger partial charge >= 0.3 is 0 Å². The molecule has 0 spiro atoms. The molecule has 25 heavy (non-hydrogen) atoms. The van der Waals surface area contributed by atoms with Crippen LogP contribution in [-0.4, -0.2) is 37.4 Å². The molecule has 0 atom stereocenters. The molecule has 0 bridgehead atoms. The Balaban J connectivity index is 2.11. The molecule has 0 saturated carbocycles. The van der Waals surface area contributed by atoms with Gasteiger partial charge in [0.15, 0.2) is 11.5 Å². The highest BCUT2D eigenvalue weighted by atomic mass is 32.2. The van der Waals surface area contributed by atoms with E-state index in [-0.39, 0.29) is 29.3 Å². The number of amidine groups is 1. The van der Waals surface area contributed by atoms with E-state index < -0.39 is 15.8 Å². The minimum Gasteiger partial charge on any atom is -0.382 e. The lowest BCUT2D eigenvalue weighted by Gasteiger charge is -2.02. The molecule has 0 fully saturated rings. The number of halogens is 1. The van der Waals surface area contributed by atoms with E-state index in [0.29, 0.717) is 18.5 Å². The molecule has 1 heterocycles. The van der Waals surface area contributed by atoms with Gasteiger partial charge in [-0.2, -0.15) is 5.26 Å². The summed E-state index contributed by atoms with van der Waals surface area (Å²) in [6.45, 7) is 0.228. The molecule has 11 heteroatoms. The van der Waals surface area contributed by atoms with Crippen LogP contribution in [0.15, 0.2) is 27.8 Å². The third-order valence-electron chi connectivity index (χ3n) is 3.07.